The molecule has 1 amide bonds. The van der Waals surface area contributed by atoms with Crippen LogP contribution in [-0.2, 0) is 4.74 Å². The lowest BCUT2D eigenvalue weighted by Crippen LogP contribution is -2.27. The van der Waals surface area contributed by atoms with Crippen LogP contribution in [0.2, 0.25) is 5.02 Å². The summed E-state index contributed by atoms with van der Waals surface area (Å²) in [6, 6.07) is 14.4. The molecule has 5 nitrogen and oxygen atoms in total. The monoisotopic (exact) mass is 354 g/mol. The van der Waals surface area contributed by atoms with E-state index in [1.54, 1.807) is 27.0 Å². The Balaban J connectivity index is 1.87. The minimum Gasteiger partial charge on any atom is -0.444 e. The first-order valence-electron chi connectivity index (χ1n) is 7.75. The predicted molar refractivity (Wildman–Crippen MR) is 98.7 cm³/mol. The van der Waals surface area contributed by atoms with E-state index in [-0.39, 0.29) is 5.95 Å². The molecular weight excluding hydrogens is 338 g/mol. The van der Waals surface area contributed by atoms with Crippen LogP contribution in [-0.4, -0.2) is 21.7 Å². The fourth-order valence-corrected chi connectivity index (χ4v) is 2.52. The molecule has 3 rings (SSSR count). The van der Waals surface area contributed by atoms with E-state index in [0.717, 1.165) is 16.5 Å². The van der Waals surface area contributed by atoms with Crippen molar-refractivity contribution in [1.82, 2.24) is 9.97 Å². The van der Waals surface area contributed by atoms with E-state index < -0.39 is 11.7 Å². The van der Waals surface area contributed by atoms with Crippen molar-refractivity contribution in [2.75, 3.05) is 5.32 Å². The number of ether oxygens (including phenoxy) is 1. The average Bonchev–Trinajstić information content (AvgIpc) is 2.53. The third kappa shape index (κ3) is 4.25. The molecule has 2 aromatic carbocycles. The van der Waals surface area contributed by atoms with Crippen LogP contribution in [0.3, 0.4) is 0 Å². The molecule has 1 N–H and O–H groups in total. The van der Waals surface area contributed by atoms with Gasteiger partial charge in [-0.15, -0.1) is 0 Å². The zero-order valence-electron chi connectivity index (χ0n) is 14.1. The van der Waals surface area contributed by atoms with E-state index in [1.807, 2.05) is 36.4 Å². The van der Waals surface area contributed by atoms with Crippen molar-refractivity contribution in [3.8, 4) is 11.1 Å². The minimum atomic E-state index is -0.598. The highest BCUT2D eigenvalue weighted by molar-refractivity contribution is 6.33. The summed E-state index contributed by atoms with van der Waals surface area (Å²) in [4.78, 5) is 20.3. The fourth-order valence-electron chi connectivity index (χ4n) is 2.27. The van der Waals surface area contributed by atoms with Crippen LogP contribution in [0.15, 0.2) is 42.6 Å². The summed E-state index contributed by atoms with van der Waals surface area (Å²) in [5.74, 6) is 0.170. The molecule has 0 aliphatic carbocycles. The van der Waals surface area contributed by atoms with Crippen molar-refractivity contribution in [2.24, 2.45) is 0 Å². The van der Waals surface area contributed by atoms with Crippen molar-refractivity contribution in [2.45, 2.75) is 26.4 Å². The van der Waals surface area contributed by atoms with Gasteiger partial charge < -0.3 is 4.74 Å². The van der Waals surface area contributed by atoms with Crippen molar-refractivity contribution < 1.29 is 9.53 Å². The van der Waals surface area contributed by atoms with E-state index in [9.17, 15) is 4.79 Å². The number of carbonyl (C=O) groups is 1. The molecule has 0 aliphatic heterocycles. The second-order valence-corrected chi connectivity index (χ2v) is 6.90. The van der Waals surface area contributed by atoms with Gasteiger partial charge in [-0.1, -0.05) is 29.8 Å². The fraction of sp³-hybridized carbons (Fsp3) is 0.211. The molecule has 0 aliphatic rings. The minimum absolute atomic E-state index is 0.170. The maximum atomic E-state index is 11.8. The summed E-state index contributed by atoms with van der Waals surface area (Å²) >= 11 is 6.24. The van der Waals surface area contributed by atoms with Crippen LogP contribution in [0.4, 0.5) is 10.7 Å². The Labute approximate surface area is 151 Å². The third-order valence-electron chi connectivity index (χ3n) is 3.29. The molecular formula is C19H17ClN3O2. The number of hydrogen-bond donors (Lipinski definition) is 1. The SMILES string of the molecule is CC(C)(C)OC(=O)Nc1ncc2cc(-c3ccccc3Cl)c[c]c2n1. The standard InChI is InChI=1S/C19H17ClN3O2/c1-19(2,3)25-18(24)23-17-21-11-13-10-12(8-9-16(13)22-17)14-6-4-5-7-15(14)20/h4-8,10-11H,1-3H3,(H,21,22,23,24). The lowest BCUT2D eigenvalue weighted by Gasteiger charge is -2.19. The molecule has 0 saturated heterocycles. The van der Waals surface area contributed by atoms with E-state index in [2.05, 4.69) is 21.4 Å². The van der Waals surface area contributed by atoms with E-state index in [0.29, 0.717) is 10.5 Å². The van der Waals surface area contributed by atoms with Crippen molar-refractivity contribution in [1.29, 1.82) is 0 Å². The summed E-state index contributed by atoms with van der Waals surface area (Å²) in [6.45, 7) is 5.37. The molecule has 0 fully saturated rings. The quantitative estimate of drug-likeness (QED) is 0.695. The van der Waals surface area contributed by atoms with Crippen molar-refractivity contribution >= 4 is 34.5 Å². The molecule has 1 radical (unpaired) electrons. The molecule has 127 valence electrons. The normalized spacial score (nSPS) is 11.4. The number of benzene rings is 2. The van der Waals surface area contributed by atoms with Gasteiger partial charge in [-0.05, 0) is 44.5 Å². The molecule has 1 heterocycles. The molecule has 0 atom stereocenters. The van der Waals surface area contributed by atoms with Crippen LogP contribution in [0.25, 0.3) is 22.0 Å². The first-order valence-corrected chi connectivity index (χ1v) is 8.13. The van der Waals surface area contributed by atoms with Gasteiger partial charge in [0.15, 0.2) is 0 Å². The van der Waals surface area contributed by atoms with Crippen LogP contribution >= 0.6 is 11.6 Å². The summed E-state index contributed by atoms with van der Waals surface area (Å²) in [5.41, 5.74) is 1.85. The Kier molecular flexibility index (Phi) is 4.59. The molecule has 0 unspecified atom stereocenters. The lowest BCUT2D eigenvalue weighted by molar-refractivity contribution is 0.0634. The lowest BCUT2D eigenvalue weighted by atomic mass is 10.0. The maximum absolute atomic E-state index is 11.8. The molecule has 6 heteroatoms. The second-order valence-electron chi connectivity index (χ2n) is 6.49. The molecule has 0 spiro atoms. The molecule has 1 aromatic heterocycles. The highest BCUT2D eigenvalue weighted by Crippen LogP contribution is 2.29. The number of aromatic nitrogens is 2. The van der Waals surface area contributed by atoms with Crippen molar-refractivity contribution in [3.05, 3.63) is 53.7 Å². The van der Waals surface area contributed by atoms with Crippen LogP contribution < -0.4 is 5.32 Å². The number of hydrogen-bond acceptors (Lipinski definition) is 4. The van der Waals surface area contributed by atoms with Gasteiger partial charge in [-0.25, -0.2) is 14.8 Å². The second kappa shape index (κ2) is 6.69. The topological polar surface area (TPSA) is 64.1 Å². The van der Waals surface area contributed by atoms with Gasteiger partial charge in [0, 0.05) is 28.2 Å². The number of rotatable bonds is 2. The highest BCUT2D eigenvalue weighted by atomic mass is 35.5. The van der Waals surface area contributed by atoms with Crippen LogP contribution in [0, 0.1) is 6.07 Å². The van der Waals surface area contributed by atoms with Gasteiger partial charge in [0.25, 0.3) is 0 Å². The zero-order valence-corrected chi connectivity index (χ0v) is 14.9. The van der Waals surface area contributed by atoms with E-state index in [4.69, 9.17) is 16.3 Å². The first kappa shape index (κ1) is 17.2. The zero-order chi connectivity index (χ0) is 18.0. The van der Waals surface area contributed by atoms with Crippen LogP contribution in [0.5, 0.6) is 0 Å². The number of halogens is 1. The number of amides is 1. The Bertz CT molecular complexity index is 935. The molecule has 25 heavy (non-hydrogen) atoms. The van der Waals surface area contributed by atoms with Gasteiger partial charge in [-0.2, -0.15) is 0 Å². The van der Waals surface area contributed by atoms with E-state index >= 15 is 0 Å². The molecule has 0 bridgehead atoms. The number of nitrogens with zero attached hydrogens (tertiary/aromatic N) is 2. The number of anilines is 1. The van der Waals surface area contributed by atoms with E-state index in [1.165, 1.54) is 0 Å². The summed E-state index contributed by atoms with van der Waals surface area (Å²) in [6.07, 6.45) is 1.03. The largest absolute Gasteiger partial charge is 0.444 e. The molecule has 3 aromatic rings. The van der Waals surface area contributed by atoms with Crippen molar-refractivity contribution in [3.63, 3.8) is 0 Å². The average molecular weight is 355 g/mol. The Morgan fingerprint density at radius 2 is 2.04 bits per heavy atom. The maximum Gasteiger partial charge on any atom is 0.414 e. The Morgan fingerprint density at radius 3 is 2.76 bits per heavy atom. The Morgan fingerprint density at radius 1 is 1.28 bits per heavy atom. The van der Waals surface area contributed by atoms with Gasteiger partial charge >= 0.3 is 6.09 Å². The first-order chi connectivity index (χ1) is 11.8. The van der Waals surface area contributed by atoms with Gasteiger partial charge in [0.1, 0.15) is 5.60 Å². The highest BCUT2D eigenvalue weighted by Gasteiger charge is 2.17. The predicted octanol–water partition coefficient (Wildman–Crippen LogP) is 5.10. The van der Waals surface area contributed by atoms with Crippen LogP contribution in [0.1, 0.15) is 20.8 Å². The number of nitrogens with one attached hydrogen (secondary N) is 1. The summed E-state index contributed by atoms with van der Waals surface area (Å²) < 4.78 is 5.19. The number of fused-ring (bicyclic) bond motifs is 1. The summed E-state index contributed by atoms with van der Waals surface area (Å²) in [5, 5.41) is 3.99. The smallest absolute Gasteiger partial charge is 0.414 e. The Hall–Kier alpha value is -2.66. The van der Waals surface area contributed by atoms with Gasteiger partial charge in [0.2, 0.25) is 5.95 Å². The van der Waals surface area contributed by atoms with Gasteiger partial charge in [0.05, 0.1) is 5.52 Å². The number of carbonyl (C=O) groups excluding carboxylic acids is 1. The third-order valence-corrected chi connectivity index (χ3v) is 3.62. The summed E-state index contributed by atoms with van der Waals surface area (Å²) in [7, 11) is 0. The van der Waals surface area contributed by atoms with Gasteiger partial charge in [-0.3, -0.25) is 5.32 Å². The molecule has 0 saturated carbocycles.